The van der Waals surface area contributed by atoms with Crippen LogP contribution in [0.25, 0.3) is 0 Å². The van der Waals surface area contributed by atoms with Gasteiger partial charge in [-0.15, -0.1) is 10.2 Å². The van der Waals surface area contributed by atoms with Gasteiger partial charge in [-0.25, -0.2) is 13.1 Å². The second-order valence-corrected chi connectivity index (χ2v) is 9.40. The van der Waals surface area contributed by atoms with Gasteiger partial charge in [-0.1, -0.05) is 68.2 Å². The number of aromatic nitrogens is 2. The molecule has 0 saturated heterocycles. The number of nitrogens with zero attached hydrogens (tertiary/aromatic N) is 2. The van der Waals surface area contributed by atoms with E-state index in [2.05, 4.69) is 27.2 Å². The van der Waals surface area contributed by atoms with Gasteiger partial charge in [0.15, 0.2) is 0 Å². The molecule has 0 aliphatic heterocycles. The average Bonchev–Trinajstić information content (AvgIpc) is 3.11. The summed E-state index contributed by atoms with van der Waals surface area (Å²) in [5, 5.41) is 10.4. The molecule has 2 rings (SSSR count). The van der Waals surface area contributed by atoms with Crippen molar-refractivity contribution in [3.05, 3.63) is 34.9 Å². The van der Waals surface area contributed by atoms with Gasteiger partial charge in [0.25, 0.3) is 15.9 Å². The molecule has 0 radical (unpaired) electrons. The molecule has 0 fully saturated rings. The smallest absolute Gasteiger partial charge is 0.269 e. The first-order valence-corrected chi connectivity index (χ1v) is 11.4. The molecule has 27 heavy (non-hydrogen) atoms. The molecule has 2 N–H and O–H groups in total. The topological polar surface area (TPSA) is 101 Å². The zero-order valence-electron chi connectivity index (χ0n) is 15.2. The number of nitrogens with one attached hydrogen (secondary N) is 2. The van der Waals surface area contributed by atoms with Crippen LogP contribution < -0.4 is 10.0 Å². The Morgan fingerprint density at radius 2 is 2.00 bits per heavy atom. The van der Waals surface area contributed by atoms with E-state index in [0.717, 1.165) is 37.0 Å². The second kappa shape index (κ2) is 10.1. The quantitative estimate of drug-likeness (QED) is 0.556. The standard InChI is InChI=1S/C17H23ClN4O3S2/c1-3-5-8-12(4-2)11-19-27(24,25)17-22-21-16(26-17)20-15(23)13-9-6-7-10-14(13)18/h6-7,9-10,12,19H,3-5,8,11H2,1-2H3,(H,20,21,23)/t12-/m0/s1. The SMILES string of the molecule is CCCC[C@H](CC)CNS(=O)(=O)c1nnc(NC(=O)c2ccccc2Cl)s1. The predicted octanol–water partition coefficient (Wildman–Crippen LogP) is 3.94. The van der Waals surface area contributed by atoms with Crippen LogP contribution in [0.2, 0.25) is 5.02 Å². The zero-order chi connectivity index (χ0) is 19.9. The molecule has 0 aliphatic carbocycles. The van der Waals surface area contributed by atoms with Crippen LogP contribution in [0, 0.1) is 5.92 Å². The minimum Gasteiger partial charge on any atom is -0.296 e. The van der Waals surface area contributed by atoms with Crippen LogP contribution in [-0.4, -0.2) is 31.1 Å². The van der Waals surface area contributed by atoms with Crippen molar-refractivity contribution in [1.82, 2.24) is 14.9 Å². The highest BCUT2D eigenvalue weighted by atomic mass is 35.5. The number of sulfonamides is 1. The van der Waals surface area contributed by atoms with Gasteiger partial charge < -0.3 is 0 Å². The monoisotopic (exact) mass is 430 g/mol. The first kappa shape index (κ1) is 21.7. The van der Waals surface area contributed by atoms with Crippen molar-refractivity contribution in [2.45, 2.75) is 43.9 Å². The van der Waals surface area contributed by atoms with Crippen molar-refractivity contribution in [3.8, 4) is 0 Å². The lowest BCUT2D eigenvalue weighted by Gasteiger charge is -2.14. The summed E-state index contributed by atoms with van der Waals surface area (Å²) in [7, 11) is -3.76. The van der Waals surface area contributed by atoms with Gasteiger partial charge in [0, 0.05) is 6.54 Å². The third kappa shape index (κ3) is 6.24. The molecule has 0 aliphatic rings. The van der Waals surface area contributed by atoms with Gasteiger partial charge in [-0.2, -0.15) is 0 Å². The summed E-state index contributed by atoms with van der Waals surface area (Å²) >= 11 is 6.78. The predicted molar refractivity (Wildman–Crippen MR) is 108 cm³/mol. The van der Waals surface area contributed by atoms with Gasteiger partial charge >= 0.3 is 0 Å². The maximum Gasteiger partial charge on any atom is 0.269 e. The lowest BCUT2D eigenvalue weighted by atomic mass is 10.00. The van der Waals surface area contributed by atoms with E-state index in [0.29, 0.717) is 11.6 Å². The average molecular weight is 431 g/mol. The fraction of sp³-hybridized carbons (Fsp3) is 0.471. The Morgan fingerprint density at radius 3 is 2.67 bits per heavy atom. The number of benzene rings is 1. The van der Waals surface area contributed by atoms with Crippen molar-refractivity contribution < 1.29 is 13.2 Å². The Balaban J connectivity index is 2.01. The fourth-order valence-corrected chi connectivity index (χ4v) is 4.68. The number of halogens is 1. The number of hydrogen-bond acceptors (Lipinski definition) is 6. The number of hydrogen-bond donors (Lipinski definition) is 2. The lowest BCUT2D eigenvalue weighted by molar-refractivity contribution is 0.102. The molecule has 1 aromatic carbocycles. The highest BCUT2D eigenvalue weighted by Crippen LogP contribution is 2.22. The third-order valence-corrected chi connectivity index (χ3v) is 7.04. The van der Waals surface area contributed by atoms with E-state index in [-0.39, 0.29) is 21.0 Å². The van der Waals surface area contributed by atoms with Gasteiger partial charge in [0.05, 0.1) is 10.6 Å². The van der Waals surface area contributed by atoms with Crippen LogP contribution in [0.4, 0.5) is 5.13 Å². The Morgan fingerprint density at radius 1 is 1.26 bits per heavy atom. The zero-order valence-corrected chi connectivity index (χ0v) is 17.6. The van der Waals surface area contributed by atoms with Gasteiger partial charge in [0.1, 0.15) is 0 Å². The molecule has 1 atom stereocenters. The lowest BCUT2D eigenvalue weighted by Crippen LogP contribution is -2.29. The van der Waals surface area contributed by atoms with E-state index in [9.17, 15) is 13.2 Å². The number of anilines is 1. The molecular weight excluding hydrogens is 408 g/mol. The number of amides is 1. The maximum atomic E-state index is 12.4. The minimum atomic E-state index is -3.76. The summed E-state index contributed by atoms with van der Waals surface area (Å²) in [6, 6.07) is 6.56. The van der Waals surface area contributed by atoms with E-state index in [4.69, 9.17) is 11.6 Å². The molecule has 0 saturated carbocycles. The van der Waals surface area contributed by atoms with Gasteiger partial charge in [0.2, 0.25) is 9.47 Å². The molecule has 1 heterocycles. The Bertz CT molecular complexity index is 871. The highest BCUT2D eigenvalue weighted by molar-refractivity contribution is 7.91. The van der Waals surface area contributed by atoms with Crippen molar-refractivity contribution >= 4 is 44.0 Å². The van der Waals surface area contributed by atoms with Crippen molar-refractivity contribution in [2.24, 2.45) is 5.92 Å². The van der Waals surface area contributed by atoms with E-state index in [1.165, 1.54) is 0 Å². The summed E-state index contributed by atoms with van der Waals surface area (Å²) in [6.07, 6.45) is 4.02. The van der Waals surface area contributed by atoms with Crippen molar-refractivity contribution in [3.63, 3.8) is 0 Å². The second-order valence-electron chi connectivity index (χ2n) is 6.08. The van der Waals surface area contributed by atoms with E-state index >= 15 is 0 Å². The molecule has 0 unspecified atom stereocenters. The summed E-state index contributed by atoms with van der Waals surface area (Å²) in [5.74, 6) is -0.189. The third-order valence-electron chi connectivity index (χ3n) is 4.08. The van der Waals surface area contributed by atoms with E-state index in [1.807, 2.05) is 6.92 Å². The molecule has 7 nitrogen and oxygen atoms in total. The van der Waals surface area contributed by atoms with Crippen LogP contribution in [0.1, 0.15) is 49.9 Å². The van der Waals surface area contributed by atoms with Crippen LogP contribution in [0.15, 0.2) is 28.6 Å². The largest absolute Gasteiger partial charge is 0.296 e. The highest BCUT2D eigenvalue weighted by Gasteiger charge is 2.22. The van der Waals surface area contributed by atoms with E-state index in [1.54, 1.807) is 24.3 Å². The fourth-order valence-electron chi connectivity index (χ4n) is 2.41. The molecule has 0 bridgehead atoms. The number of rotatable bonds is 10. The van der Waals surface area contributed by atoms with Crippen LogP contribution in [0.5, 0.6) is 0 Å². The van der Waals surface area contributed by atoms with Gasteiger partial charge in [-0.05, 0) is 24.5 Å². The number of carbonyl (C=O) groups is 1. The van der Waals surface area contributed by atoms with Crippen LogP contribution >= 0.6 is 22.9 Å². The molecule has 0 spiro atoms. The van der Waals surface area contributed by atoms with Gasteiger partial charge in [-0.3, -0.25) is 10.1 Å². The molecule has 2 aromatic rings. The molecule has 1 amide bonds. The van der Waals surface area contributed by atoms with E-state index < -0.39 is 15.9 Å². The van der Waals surface area contributed by atoms with Crippen LogP contribution in [-0.2, 0) is 10.0 Å². The first-order valence-electron chi connectivity index (χ1n) is 8.76. The molecular formula is C17H23ClN4O3S2. The number of unbranched alkanes of at least 4 members (excludes halogenated alkanes) is 1. The normalized spacial score (nSPS) is 12.7. The van der Waals surface area contributed by atoms with Crippen LogP contribution in [0.3, 0.4) is 0 Å². The molecule has 10 heteroatoms. The summed E-state index contributed by atoms with van der Waals surface area (Å²) in [5.41, 5.74) is 0.276. The minimum absolute atomic E-state index is 0.0957. The number of carbonyl (C=O) groups excluding carboxylic acids is 1. The Labute approximate surface area is 168 Å². The molecule has 148 valence electrons. The maximum absolute atomic E-state index is 12.4. The van der Waals surface area contributed by atoms with Crippen molar-refractivity contribution in [2.75, 3.05) is 11.9 Å². The first-order chi connectivity index (χ1) is 12.9. The molecule has 1 aromatic heterocycles. The summed E-state index contributed by atoms with van der Waals surface area (Å²) in [6.45, 7) is 4.51. The Kier molecular flexibility index (Phi) is 8.15. The summed E-state index contributed by atoms with van der Waals surface area (Å²) in [4.78, 5) is 12.2. The summed E-state index contributed by atoms with van der Waals surface area (Å²) < 4.78 is 27.2. The van der Waals surface area contributed by atoms with Crippen molar-refractivity contribution in [1.29, 1.82) is 0 Å². The Hall–Kier alpha value is -1.55.